The van der Waals surface area contributed by atoms with Crippen molar-refractivity contribution in [3.63, 3.8) is 0 Å². The van der Waals surface area contributed by atoms with Crippen LogP contribution in [0.25, 0.3) is 0 Å². The van der Waals surface area contributed by atoms with Crippen molar-refractivity contribution in [2.75, 3.05) is 0 Å². The van der Waals surface area contributed by atoms with Crippen LogP contribution in [-0.4, -0.2) is 10.9 Å². The molecule has 1 saturated carbocycles. The number of benzene rings is 1. The third-order valence-corrected chi connectivity index (χ3v) is 5.66. The van der Waals surface area contributed by atoms with Crippen molar-refractivity contribution in [3.05, 3.63) is 69.4 Å². The Bertz CT molecular complexity index is 870. The van der Waals surface area contributed by atoms with Gasteiger partial charge < -0.3 is 10.3 Å². The lowest BCUT2D eigenvalue weighted by Gasteiger charge is -2.42. The van der Waals surface area contributed by atoms with Crippen LogP contribution in [0, 0.1) is 5.82 Å². The minimum atomic E-state index is -0.623. The van der Waals surface area contributed by atoms with E-state index in [-0.39, 0.29) is 23.3 Å². The van der Waals surface area contributed by atoms with Crippen molar-refractivity contribution in [1.82, 2.24) is 10.3 Å². The van der Waals surface area contributed by atoms with E-state index in [0.717, 1.165) is 55.3 Å². The first-order valence-corrected chi connectivity index (χ1v) is 8.88. The van der Waals surface area contributed by atoms with Gasteiger partial charge in [0.1, 0.15) is 5.82 Å². The van der Waals surface area contributed by atoms with E-state index in [2.05, 4.69) is 10.3 Å². The number of carbonyl (C=O) groups excluding carboxylic acids is 1. The van der Waals surface area contributed by atoms with Crippen molar-refractivity contribution >= 4 is 5.91 Å². The highest BCUT2D eigenvalue weighted by molar-refractivity contribution is 5.89. The summed E-state index contributed by atoms with van der Waals surface area (Å²) in [7, 11) is 0. The number of amides is 1. The molecule has 4 rings (SSSR count). The standard InChI is InChI=1S/C20H21FN2O2/c21-14-5-1-4-13(12-14)20(10-3-11-20)19(25)23-17-7-2-6-16-15(17)8-9-18(24)22-16/h1,4-5,8-9,12,17H,2-3,6-7,10-11H2,(H,22,24)(H,23,25)/t17-/m1/s1. The van der Waals surface area contributed by atoms with E-state index in [4.69, 9.17) is 0 Å². The van der Waals surface area contributed by atoms with Crippen LogP contribution in [0.2, 0.25) is 0 Å². The molecule has 2 aromatic rings. The number of rotatable bonds is 3. The molecule has 4 nitrogen and oxygen atoms in total. The fourth-order valence-electron chi connectivity index (χ4n) is 4.11. The first-order chi connectivity index (χ1) is 12.1. The van der Waals surface area contributed by atoms with Gasteiger partial charge in [-0.3, -0.25) is 9.59 Å². The van der Waals surface area contributed by atoms with E-state index in [1.165, 1.54) is 18.2 Å². The molecular formula is C20H21FN2O2. The zero-order chi connectivity index (χ0) is 17.4. The normalized spacial score (nSPS) is 21.1. The van der Waals surface area contributed by atoms with Gasteiger partial charge in [0.25, 0.3) is 0 Å². The Morgan fingerprint density at radius 3 is 2.76 bits per heavy atom. The van der Waals surface area contributed by atoms with E-state index < -0.39 is 5.41 Å². The lowest BCUT2D eigenvalue weighted by molar-refractivity contribution is -0.130. The average Bonchev–Trinajstić information content (AvgIpc) is 2.54. The smallest absolute Gasteiger partial charge is 0.248 e. The summed E-state index contributed by atoms with van der Waals surface area (Å²) in [6.07, 6.45) is 5.06. The molecule has 2 N–H and O–H groups in total. The average molecular weight is 340 g/mol. The Labute approximate surface area is 145 Å². The molecule has 2 aliphatic carbocycles. The summed E-state index contributed by atoms with van der Waals surface area (Å²) in [5, 5.41) is 3.17. The van der Waals surface area contributed by atoms with Crippen molar-refractivity contribution in [3.8, 4) is 0 Å². The second kappa shape index (κ2) is 6.14. The first-order valence-electron chi connectivity index (χ1n) is 8.88. The minimum absolute atomic E-state index is 0.0339. The molecule has 1 atom stereocenters. The molecule has 2 aliphatic rings. The van der Waals surface area contributed by atoms with Crippen LogP contribution in [-0.2, 0) is 16.6 Å². The fraction of sp³-hybridized carbons (Fsp3) is 0.400. The van der Waals surface area contributed by atoms with Crippen LogP contribution in [0.3, 0.4) is 0 Å². The summed E-state index contributed by atoms with van der Waals surface area (Å²) in [6.45, 7) is 0. The molecule has 0 spiro atoms. The lowest BCUT2D eigenvalue weighted by Crippen LogP contribution is -2.50. The molecule has 0 radical (unpaired) electrons. The Kier molecular flexibility index (Phi) is 3.94. The number of carbonyl (C=O) groups is 1. The first kappa shape index (κ1) is 16.1. The lowest BCUT2D eigenvalue weighted by atomic mass is 9.63. The molecule has 25 heavy (non-hydrogen) atoms. The summed E-state index contributed by atoms with van der Waals surface area (Å²) < 4.78 is 13.6. The maximum atomic E-state index is 13.6. The van der Waals surface area contributed by atoms with Crippen molar-refractivity contribution in [1.29, 1.82) is 0 Å². The number of aromatic amines is 1. The van der Waals surface area contributed by atoms with Crippen molar-refractivity contribution in [2.24, 2.45) is 0 Å². The molecule has 0 aliphatic heterocycles. The third-order valence-electron chi connectivity index (χ3n) is 5.66. The number of aryl methyl sites for hydroxylation is 1. The summed E-state index contributed by atoms with van der Waals surface area (Å²) in [6, 6.07) is 9.61. The van der Waals surface area contributed by atoms with Crippen molar-refractivity contribution < 1.29 is 9.18 Å². The molecule has 0 bridgehead atoms. The Hall–Kier alpha value is -2.43. The predicted octanol–water partition coefficient (Wildman–Crippen LogP) is 3.13. The zero-order valence-corrected chi connectivity index (χ0v) is 14.0. The molecule has 5 heteroatoms. The van der Waals surface area contributed by atoms with Gasteiger partial charge in [-0.25, -0.2) is 4.39 Å². The highest BCUT2D eigenvalue weighted by atomic mass is 19.1. The molecule has 1 fully saturated rings. The number of halogens is 1. The van der Waals surface area contributed by atoms with E-state index >= 15 is 0 Å². The molecule has 1 amide bonds. The SMILES string of the molecule is O=C(N[C@@H]1CCCc2[nH]c(=O)ccc21)C1(c2cccc(F)c2)CCC1. The monoisotopic (exact) mass is 340 g/mol. The Morgan fingerprint density at radius 1 is 1.20 bits per heavy atom. The van der Waals surface area contributed by atoms with Gasteiger partial charge in [0.05, 0.1) is 11.5 Å². The largest absolute Gasteiger partial charge is 0.348 e. The third kappa shape index (κ3) is 2.77. The molecule has 1 heterocycles. The maximum Gasteiger partial charge on any atom is 0.248 e. The number of hydrogen-bond acceptors (Lipinski definition) is 2. The number of aromatic nitrogens is 1. The summed E-state index contributed by atoms with van der Waals surface area (Å²) >= 11 is 0. The predicted molar refractivity (Wildman–Crippen MR) is 92.8 cm³/mol. The molecule has 1 aromatic carbocycles. The van der Waals surface area contributed by atoms with E-state index in [1.807, 2.05) is 12.1 Å². The van der Waals surface area contributed by atoms with Gasteiger partial charge in [0, 0.05) is 11.8 Å². The maximum absolute atomic E-state index is 13.6. The molecule has 0 unspecified atom stereocenters. The summed E-state index contributed by atoms with van der Waals surface area (Å²) in [5.74, 6) is -0.342. The Morgan fingerprint density at radius 2 is 2.04 bits per heavy atom. The van der Waals surface area contributed by atoms with E-state index in [1.54, 1.807) is 6.07 Å². The van der Waals surface area contributed by atoms with Gasteiger partial charge in [-0.2, -0.15) is 0 Å². The van der Waals surface area contributed by atoms with Gasteiger partial charge >= 0.3 is 0 Å². The second-order valence-electron chi connectivity index (χ2n) is 7.12. The highest BCUT2D eigenvalue weighted by Crippen LogP contribution is 2.45. The molecule has 130 valence electrons. The van der Waals surface area contributed by atoms with Crippen LogP contribution in [0.4, 0.5) is 4.39 Å². The van der Waals surface area contributed by atoms with E-state index in [9.17, 15) is 14.0 Å². The quantitative estimate of drug-likeness (QED) is 0.902. The number of fused-ring (bicyclic) bond motifs is 1. The minimum Gasteiger partial charge on any atom is -0.348 e. The van der Waals surface area contributed by atoms with Crippen LogP contribution in [0.15, 0.2) is 41.2 Å². The summed E-state index contributed by atoms with van der Waals surface area (Å²) in [4.78, 5) is 27.5. The van der Waals surface area contributed by atoms with E-state index in [0.29, 0.717) is 0 Å². The molecule has 0 saturated heterocycles. The zero-order valence-electron chi connectivity index (χ0n) is 14.0. The van der Waals surface area contributed by atoms with Crippen LogP contribution < -0.4 is 10.9 Å². The van der Waals surface area contributed by atoms with Gasteiger partial charge in [-0.15, -0.1) is 0 Å². The Balaban J connectivity index is 1.61. The highest BCUT2D eigenvalue weighted by Gasteiger charge is 2.46. The number of nitrogens with one attached hydrogen (secondary N) is 2. The van der Waals surface area contributed by atoms with Gasteiger partial charge in [0.15, 0.2) is 0 Å². The molecule has 1 aromatic heterocycles. The topological polar surface area (TPSA) is 62.0 Å². The fourth-order valence-corrected chi connectivity index (χ4v) is 4.11. The number of H-pyrrole nitrogens is 1. The van der Waals surface area contributed by atoms with Crippen molar-refractivity contribution in [2.45, 2.75) is 50.0 Å². The number of pyridine rings is 1. The van der Waals surface area contributed by atoms with Gasteiger partial charge in [0.2, 0.25) is 11.5 Å². The van der Waals surface area contributed by atoms with Crippen LogP contribution in [0.5, 0.6) is 0 Å². The van der Waals surface area contributed by atoms with Crippen LogP contribution >= 0.6 is 0 Å². The molecular weight excluding hydrogens is 319 g/mol. The summed E-state index contributed by atoms with van der Waals surface area (Å²) in [5.41, 5.74) is 1.93. The van der Waals surface area contributed by atoms with Gasteiger partial charge in [-0.05, 0) is 61.4 Å². The van der Waals surface area contributed by atoms with Gasteiger partial charge in [-0.1, -0.05) is 18.6 Å². The van der Waals surface area contributed by atoms with Crippen LogP contribution in [0.1, 0.15) is 55.0 Å². The number of hydrogen-bond donors (Lipinski definition) is 2. The second-order valence-corrected chi connectivity index (χ2v) is 7.12.